The molecule has 1 fully saturated rings. The second-order valence-electron chi connectivity index (χ2n) is 7.01. The van der Waals surface area contributed by atoms with E-state index in [0.29, 0.717) is 45.0 Å². The van der Waals surface area contributed by atoms with Crippen molar-refractivity contribution in [2.45, 2.75) is 26.8 Å². The van der Waals surface area contributed by atoms with Gasteiger partial charge in [-0.05, 0) is 19.9 Å². The molecule has 2 aromatic rings. The fourth-order valence-electron chi connectivity index (χ4n) is 3.47. The Morgan fingerprint density at radius 2 is 1.70 bits per heavy atom. The highest BCUT2D eigenvalue weighted by atomic mass is 16.2. The van der Waals surface area contributed by atoms with Gasteiger partial charge >= 0.3 is 5.69 Å². The third-order valence-corrected chi connectivity index (χ3v) is 5.10. The van der Waals surface area contributed by atoms with Crippen LogP contribution in [0.3, 0.4) is 0 Å². The van der Waals surface area contributed by atoms with Crippen molar-refractivity contribution in [1.29, 1.82) is 0 Å². The number of hydrogen-bond donors (Lipinski definition) is 0. The first-order valence-corrected chi connectivity index (χ1v) is 9.09. The molecular formula is C18H26N6O3. The number of amides is 1. The molecule has 146 valence electrons. The fraction of sp³-hybridized carbons (Fsp3) is 0.556. The van der Waals surface area contributed by atoms with Crippen molar-refractivity contribution in [3.05, 3.63) is 44.4 Å². The maximum atomic E-state index is 12.5. The Morgan fingerprint density at radius 3 is 2.30 bits per heavy atom. The van der Waals surface area contributed by atoms with Gasteiger partial charge in [-0.1, -0.05) is 0 Å². The Balaban J connectivity index is 1.60. The summed E-state index contributed by atoms with van der Waals surface area (Å²) in [5, 5.41) is 4.39. The van der Waals surface area contributed by atoms with E-state index in [0.717, 1.165) is 16.0 Å². The molecule has 9 nitrogen and oxygen atoms in total. The minimum atomic E-state index is -0.346. The predicted octanol–water partition coefficient (Wildman–Crippen LogP) is -0.364. The lowest BCUT2D eigenvalue weighted by molar-refractivity contribution is -0.131. The molecule has 0 aliphatic carbocycles. The van der Waals surface area contributed by atoms with Crippen LogP contribution in [0.4, 0.5) is 5.82 Å². The van der Waals surface area contributed by atoms with Crippen LogP contribution in [0.2, 0.25) is 0 Å². The van der Waals surface area contributed by atoms with Crippen molar-refractivity contribution in [3.8, 4) is 0 Å². The highest BCUT2D eigenvalue weighted by Gasteiger charge is 2.23. The van der Waals surface area contributed by atoms with Gasteiger partial charge in [0.05, 0.1) is 5.69 Å². The number of aromatic nitrogens is 4. The summed E-state index contributed by atoms with van der Waals surface area (Å²) < 4.78 is 4.42. The molecule has 27 heavy (non-hydrogen) atoms. The number of piperazine rings is 1. The van der Waals surface area contributed by atoms with E-state index in [4.69, 9.17) is 0 Å². The largest absolute Gasteiger partial charge is 0.354 e. The lowest BCUT2D eigenvalue weighted by Crippen LogP contribution is -2.51. The molecule has 1 aliphatic heterocycles. The lowest BCUT2D eigenvalue weighted by atomic mass is 10.2. The van der Waals surface area contributed by atoms with Gasteiger partial charge in [0.15, 0.2) is 0 Å². The van der Waals surface area contributed by atoms with Crippen molar-refractivity contribution in [2.75, 3.05) is 31.1 Å². The topological polar surface area (TPSA) is 85.4 Å². The van der Waals surface area contributed by atoms with Crippen LogP contribution in [-0.4, -0.2) is 55.9 Å². The summed E-state index contributed by atoms with van der Waals surface area (Å²) in [6.07, 6.45) is 0.409. The standard InChI is InChI=1S/C18H26N6O3/c1-13-11-14(2)24(19-13)6-5-16(25)23-9-7-22(8-10-23)15-12-17(26)21(4)18(27)20(15)3/h11-12H,5-10H2,1-4H3. The van der Waals surface area contributed by atoms with Crippen LogP contribution >= 0.6 is 0 Å². The SMILES string of the molecule is Cc1cc(C)n(CCC(=O)N2CCN(c3cc(=O)n(C)c(=O)n3C)CC2)n1. The lowest BCUT2D eigenvalue weighted by Gasteiger charge is -2.36. The predicted molar refractivity (Wildman–Crippen MR) is 102 cm³/mol. The van der Waals surface area contributed by atoms with Gasteiger partial charge in [0.2, 0.25) is 5.91 Å². The molecule has 3 heterocycles. The number of hydrogen-bond acceptors (Lipinski definition) is 5. The van der Waals surface area contributed by atoms with Gasteiger partial charge in [-0.15, -0.1) is 0 Å². The summed E-state index contributed by atoms with van der Waals surface area (Å²) in [5.41, 5.74) is 1.34. The summed E-state index contributed by atoms with van der Waals surface area (Å²) in [5.74, 6) is 0.693. The molecule has 2 aromatic heterocycles. The molecule has 1 aliphatic rings. The van der Waals surface area contributed by atoms with Gasteiger partial charge in [0.25, 0.3) is 5.56 Å². The third kappa shape index (κ3) is 3.81. The Morgan fingerprint density at radius 1 is 1.04 bits per heavy atom. The molecule has 0 radical (unpaired) electrons. The van der Waals surface area contributed by atoms with Crippen LogP contribution in [0, 0.1) is 13.8 Å². The summed E-state index contributed by atoms with van der Waals surface area (Å²) >= 11 is 0. The molecule has 1 saturated heterocycles. The van der Waals surface area contributed by atoms with Crippen LogP contribution in [-0.2, 0) is 25.4 Å². The second kappa shape index (κ2) is 7.42. The number of carbonyl (C=O) groups excluding carboxylic acids is 1. The quantitative estimate of drug-likeness (QED) is 0.729. The summed E-state index contributed by atoms with van der Waals surface area (Å²) in [4.78, 5) is 40.4. The molecule has 0 bridgehead atoms. The smallest absolute Gasteiger partial charge is 0.332 e. The Hall–Kier alpha value is -2.84. The van der Waals surface area contributed by atoms with Crippen molar-refractivity contribution < 1.29 is 4.79 Å². The zero-order valence-corrected chi connectivity index (χ0v) is 16.3. The molecule has 1 amide bonds. The molecule has 0 N–H and O–H groups in total. The van der Waals surface area contributed by atoms with Crippen LogP contribution in [0.25, 0.3) is 0 Å². The summed E-state index contributed by atoms with van der Waals surface area (Å²) in [6.45, 7) is 6.81. The van der Waals surface area contributed by atoms with Crippen molar-refractivity contribution >= 4 is 11.7 Å². The number of nitrogens with zero attached hydrogens (tertiary/aromatic N) is 6. The van der Waals surface area contributed by atoms with E-state index in [-0.39, 0.29) is 17.2 Å². The van der Waals surface area contributed by atoms with Crippen LogP contribution < -0.4 is 16.1 Å². The molecule has 3 rings (SSSR count). The second-order valence-corrected chi connectivity index (χ2v) is 7.01. The zero-order valence-electron chi connectivity index (χ0n) is 16.3. The number of aryl methyl sites for hydroxylation is 3. The fourth-order valence-corrected chi connectivity index (χ4v) is 3.47. The highest BCUT2D eigenvalue weighted by Crippen LogP contribution is 2.13. The van der Waals surface area contributed by atoms with Gasteiger partial charge in [-0.25, -0.2) is 4.79 Å². The first-order valence-electron chi connectivity index (χ1n) is 9.09. The highest BCUT2D eigenvalue weighted by molar-refractivity contribution is 5.76. The Labute approximate surface area is 157 Å². The first-order chi connectivity index (χ1) is 12.8. The van der Waals surface area contributed by atoms with Gasteiger partial charge < -0.3 is 9.80 Å². The van der Waals surface area contributed by atoms with Gasteiger partial charge in [0.1, 0.15) is 5.82 Å². The van der Waals surface area contributed by atoms with Gasteiger partial charge in [-0.2, -0.15) is 5.10 Å². The van der Waals surface area contributed by atoms with E-state index < -0.39 is 0 Å². The molecule has 0 unspecified atom stereocenters. The number of carbonyl (C=O) groups is 1. The normalized spacial score (nSPS) is 14.7. The van der Waals surface area contributed by atoms with Gasteiger partial charge in [0, 0.05) is 65.0 Å². The van der Waals surface area contributed by atoms with Crippen molar-refractivity contribution in [2.24, 2.45) is 14.1 Å². The zero-order chi connectivity index (χ0) is 19.7. The molecule has 0 spiro atoms. The molecule has 0 aromatic carbocycles. The van der Waals surface area contributed by atoms with E-state index in [1.54, 1.807) is 7.05 Å². The third-order valence-electron chi connectivity index (χ3n) is 5.10. The minimum absolute atomic E-state index is 0.0973. The van der Waals surface area contributed by atoms with E-state index in [1.165, 1.54) is 17.7 Å². The average Bonchev–Trinajstić information content (AvgIpc) is 2.98. The monoisotopic (exact) mass is 374 g/mol. The van der Waals surface area contributed by atoms with E-state index in [1.807, 2.05) is 34.4 Å². The van der Waals surface area contributed by atoms with Crippen molar-refractivity contribution in [3.63, 3.8) is 0 Å². The Bertz CT molecular complexity index is 962. The van der Waals surface area contributed by atoms with Crippen LogP contribution in [0.15, 0.2) is 21.7 Å². The van der Waals surface area contributed by atoms with Crippen molar-refractivity contribution in [1.82, 2.24) is 23.8 Å². The average molecular weight is 374 g/mol. The molecule has 9 heteroatoms. The molecule has 0 atom stereocenters. The van der Waals surface area contributed by atoms with E-state index >= 15 is 0 Å². The van der Waals surface area contributed by atoms with Gasteiger partial charge in [-0.3, -0.25) is 23.4 Å². The summed E-state index contributed by atoms with van der Waals surface area (Å²) in [7, 11) is 3.12. The van der Waals surface area contributed by atoms with Crippen LogP contribution in [0.5, 0.6) is 0 Å². The minimum Gasteiger partial charge on any atom is -0.354 e. The first kappa shape index (κ1) is 18.9. The summed E-state index contributed by atoms with van der Waals surface area (Å²) in [6, 6.07) is 3.47. The maximum Gasteiger partial charge on any atom is 0.332 e. The van der Waals surface area contributed by atoms with Crippen LogP contribution in [0.1, 0.15) is 17.8 Å². The van der Waals surface area contributed by atoms with E-state index in [2.05, 4.69) is 5.10 Å². The molecular weight excluding hydrogens is 348 g/mol. The Kier molecular flexibility index (Phi) is 5.20. The number of anilines is 1. The molecule has 0 saturated carbocycles. The van der Waals surface area contributed by atoms with E-state index in [9.17, 15) is 14.4 Å². The maximum absolute atomic E-state index is 12.5. The number of rotatable bonds is 4.